The van der Waals surface area contributed by atoms with Gasteiger partial charge in [-0.05, 0) is 25.8 Å². The zero-order valence-electron chi connectivity index (χ0n) is 9.95. The quantitative estimate of drug-likeness (QED) is 0.803. The van der Waals surface area contributed by atoms with Gasteiger partial charge in [0.1, 0.15) is 0 Å². The molecule has 0 unspecified atom stereocenters. The average molecular weight is 251 g/mol. The van der Waals surface area contributed by atoms with Gasteiger partial charge in [0.15, 0.2) is 11.5 Å². The van der Waals surface area contributed by atoms with Crippen molar-refractivity contribution in [2.75, 3.05) is 6.61 Å². The zero-order chi connectivity index (χ0) is 13.1. The third-order valence-electron chi connectivity index (χ3n) is 2.68. The van der Waals surface area contributed by atoms with Gasteiger partial charge < -0.3 is 14.5 Å². The highest BCUT2D eigenvalue weighted by Gasteiger charge is 2.21. The Morgan fingerprint density at radius 2 is 2.17 bits per heavy atom. The molecule has 2 rings (SSSR count). The maximum absolute atomic E-state index is 11.7. The van der Waals surface area contributed by atoms with Crippen LogP contribution in [-0.2, 0) is 11.2 Å². The summed E-state index contributed by atoms with van der Waals surface area (Å²) in [5.41, 5.74) is 0.490. The van der Waals surface area contributed by atoms with Crippen molar-refractivity contribution in [2.45, 2.75) is 26.2 Å². The molecule has 0 amide bonds. The van der Waals surface area contributed by atoms with Gasteiger partial charge in [-0.15, -0.1) is 0 Å². The van der Waals surface area contributed by atoms with Gasteiger partial charge in [0.25, 0.3) is 5.56 Å². The summed E-state index contributed by atoms with van der Waals surface area (Å²) < 4.78 is 9.32. The number of ether oxygens (including phenoxy) is 2. The van der Waals surface area contributed by atoms with E-state index in [1.54, 1.807) is 6.92 Å². The summed E-state index contributed by atoms with van der Waals surface area (Å²) in [6.45, 7) is 1.78. The van der Waals surface area contributed by atoms with E-state index in [0.717, 1.165) is 6.42 Å². The molecular weight excluding hydrogens is 238 g/mol. The minimum absolute atomic E-state index is 0.0544. The van der Waals surface area contributed by atoms with Crippen LogP contribution in [-0.4, -0.2) is 23.5 Å². The lowest BCUT2D eigenvalue weighted by Crippen LogP contribution is -2.22. The van der Waals surface area contributed by atoms with Crippen LogP contribution >= 0.6 is 0 Å². The zero-order valence-corrected chi connectivity index (χ0v) is 9.95. The molecule has 1 aromatic heterocycles. The predicted molar refractivity (Wildman–Crippen MR) is 62.0 cm³/mol. The Hall–Kier alpha value is -2.11. The fourth-order valence-electron chi connectivity index (χ4n) is 1.87. The highest BCUT2D eigenvalue weighted by Crippen LogP contribution is 2.21. The summed E-state index contributed by atoms with van der Waals surface area (Å²) in [5, 5.41) is 0. The highest BCUT2D eigenvalue weighted by molar-refractivity contribution is 5.98. The second-order valence-corrected chi connectivity index (χ2v) is 3.92. The van der Waals surface area contributed by atoms with Crippen molar-refractivity contribution < 1.29 is 19.1 Å². The highest BCUT2D eigenvalue weighted by atomic mass is 16.7. The van der Waals surface area contributed by atoms with Crippen LogP contribution < -0.4 is 10.3 Å². The molecule has 1 aliphatic carbocycles. The Bertz CT molecular complexity index is 546. The third kappa shape index (κ3) is 2.42. The maximum Gasteiger partial charge on any atom is 0.514 e. The molecule has 96 valence electrons. The standard InChI is InChI=1S/C12H13NO5/c1-2-17-12(16)18-10-6-7-8(13-11(10)15)4-3-5-9(7)14/h6H,2-5H2,1H3,(H,13,15). The number of pyridine rings is 1. The number of fused-ring (bicyclic) bond motifs is 1. The number of aromatic amines is 1. The largest absolute Gasteiger partial charge is 0.514 e. The molecule has 0 radical (unpaired) electrons. The van der Waals surface area contributed by atoms with Gasteiger partial charge in [-0.1, -0.05) is 0 Å². The summed E-state index contributed by atoms with van der Waals surface area (Å²) >= 11 is 0. The lowest BCUT2D eigenvalue weighted by Gasteiger charge is -2.14. The molecule has 0 aromatic carbocycles. The first kappa shape index (κ1) is 12.3. The van der Waals surface area contributed by atoms with Gasteiger partial charge in [0, 0.05) is 17.7 Å². The molecule has 1 aliphatic rings. The first-order valence-corrected chi connectivity index (χ1v) is 5.75. The Kier molecular flexibility index (Phi) is 3.45. The monoisotopic (exact) mass is 251 g/mol. The van der Waals surface area contributed by atoms with Crippen molar-refractivity contribution in [2.24, 2.45) is 0 Å². The number of ketones is 1. The van der Waals surface area contributed by atoms with Gasteiger partial charge in [-0.25, -0.2) is 4.79 Å². The van der Waals surface area contributed by atoms with E-state index < -0.39 is 11.7 Å². The van der Waals surface area contributed by atoms with Crippen molar-refractivity contribution in [1.82, 2.24) is 4.98 Å². The first-order valence-electron chi connectivity index (χ1n) is 5.75. The van der Waals surface area contributed by atoms with Gasteiger partial charge in [-0.3, -0.25) is 9.59 Å². The summed E-state index contributed by atoms with van der Waals surface area (Å²) in [5.74, 6) is -0.261. The number of aromatic nitrogens is 1. The minimum Gasteiger partial charge on any atom is -0.434 e. The number of carbonyl (C=O) groups is 2. The Morgan fingerprint density at radius 1 is 1.39 bits per heavy atom. The number of Topliss-reactive ketones (excluding diaryl/α,β-unsaturated/α-hetero) is 1. The summed E-state index contributed by atoms with van der Waals surface area (Å²) in [4.78, 5) is 37.0. The fraction of sp³-hybridized carbons (Fsp3) is 0.417. The fourth-order valence-corrected chi connectivity index (χ4v) is 1.87. The predicted octanol–water partition coefficient (Wildman–Crippen LogP) is 1.43. The lowest BCUT2D eigenvalue weighted by atomic mass is 9.95. The Balaban J connectivity index is 2.32. The van der Waals surface area contributed by atoms with E-state index in [2.05, 4.69) is 9.72 Å². The molecule has 0 saturated carbocycles. The van der Waals surface area contributed by atoms with Crippen LogP contribution in [0.25, 0.3) is 0 Å². The molecular formula is C12H13NO5. The number of nitrogens with one attached hydrogen (secondary N) is 1. The molecule has 1 N–H and O–H groups in total. The molecule has 0 aliphatic heterocycles. The first-order chi connectivity index (χ1) is 8.61. The van der Waals surface area contributed by atoms with Crippen LogP contribution in [0, 0.1) is 0 Å². The summed E-state index contributed by atoms with van der Waals surface area (Å²) in [7, 11) is 0. The van der Waals surface area contributed by atoms with Crippen LogP contribution in [0.3, 0.4) is 0 Å². The topological polar surface area (TPSA) is 85.5 Å². The van der Waals surface area contributed by atoms with Gasteiger partial charge in [0.05, 0.1) is 6.61 Å². The van der Waals surface area contributed by atoms with Gasteiger partial charge >= 0.3 is 6.16 Å². The van der Waals surface area contributed by atoms with E-state index in [4.69, 9.17) is 4.74 Å². The molecule has 18 heavy (non-hydrogen) atoms. The molecule has 0 saturated heterocycles. The van der Waals surface area contributed by atoms with Crippen LogP contribution in [0.15, 0.2) is 10.9 Å². The third-order valence-corrected chi connectivity index (χ3v) is 2.68. The summed E-state index contributed by atoms with van der Waals surface area (Å²) in [6.07, 6.45) is 0.861. The second-order valence-electron chi connectivity index (χ2n) is 3.92. The molecule has 6 heteroatoms. The molecule has 1 aromatic rings. The van der Waals surface area contributed by atoms with E-state index in [9.17, 15) is 14.4 Å². The number of aryl methyl sites for hydroxylation is 1. The molecule has 0 spiro atoms. The number of hydrogen-bond acceptors (Lipinski definition) is 5. The molecule has 1 heterocycles. The SMILES string of the molecule is CCOC(=O)Oc1cc2c([nH]c1=O)CCCC2=O. The molecule has 6 nitrogen and oxygen atoms in total. The van der Waals surface area contributed by atoms with Crippen LogP contribution in [0.4, 0.5) is 4.79 Å². The van der Waals surface area contributed by atoms with Gasteiger partial charge in [0.2, 0.25) is 0 Å². The molecule has 0 atom stereocenters. The minimum atomic E-state index is -0.953. The van der Waals surface area contributed by atoms with E-state index in [1.165, 1.54) is 6.07 Å². The molecule has 0 fully saturated rings. The number of H-pyrrole nitrogens is 1. The van der Waals surface area contributed by atoms with Crippen molar-refractivity contribution >= 4 is 11.9 Å². The van der Waals surface area contributed by atoms with Crippen molar-refractivity contribution in [1.29, 1.82) is 0 Å². The second kappa shape index (κ2) is 5.03. The van der Waals surface area contributed by atoms with Crippen LogP contribution in [0.1, 0.15) is 35.8 Å². The van der Waals surface area contributed by atoms with E-state index in [1.807, 2.05) is 0 Å². The van der Waals surface area contributed by atoms with E-state index >= 15 is 0 Å². The van der Waals surface area contributed by atoms with E-state index in [0.29, 0.717) is 24.1 Å². The lowest BCUT2D eigenvalue weighted by molar-refractivity contribution is 0.0962. The number of carbonyl (C=O) groups excluding carboxylic acids is 2. The van der Waals surface area contributed by atoms with Crippen LogP contribution in [0.2, 0.25) is 0 Å². The van der Waals surface area contributed by atoms with Crippen LogP contribution in [0.5, 0.6) is 5.75 Å². The van der Waals surface area contributed by atoms with Crippen molar-refractivity contribution in [3.05, 3.63) is 27.7 Å². The average Bonchev–Trinajstić information content (AvgIpc) is 2.31. The van der Waals surface area contributed by atoms with Crippen molar-refractivity contribution in [3.63, 3.8) is 0 Å². The smallest absolute Gasteiger partial charge is 0.434 e. The maximum atomic E-state index is 11.7. The number of rotatable bonds is 2. The van der Waals surface area contributed by atoms with Gasteiger partial charge in [-0.2, -0.15) is 0 Å². The number of hydrogen-bond donors (Lipinski definition) is 1. The molecule has 0 bridgehead atoms. The normalized spacial score (nSPS) is 13.9. The Labute approximate surface area is 103 Å². The summed E-state index contributed by atoms with van der Waals surface area (Å²) in [6, 6.07) is 1.31. The Morgan fingerprint density at radius 3 is 2.89 bits per heavy atom. The van der Waals surface area contributed by atoms with E-state index in [-0.39, 0.29) is 18.1 Å². The van der Waals surface area contributed by atoms with Crippen molar-refractivity contribution in [3.8, 4) is 5.75 Å².